The van der Waals surface area contributed by atoms with Gasteiger partial charge in [0.15, 0.2) is 0 Å². The highest BCUT2D eigenvalue weighted by Gasteiger charge is 2.21. The number of amides is 1. The average molecular weight is 418 g/mol. The van der Waals surface area contributed by atoms with Gasteiger partial charge in [0.1, 0.15) is 6.54 Å². The predicted molar refractivity (Wildman–Crippen MR) is 96.4 cm³/mol. The van der Waals surface area contributed by atoms with Crippen LogP contribution in [0, 0.1) is 0 Å². The highest BCUT2D eigenvalue weighted by molar-refractivity contribution is 9.10. The molecule has 122 valence electrons. The van der Waals surface area contributed by atoms with Crippen molar-refractivity contribution >= 4 is 54.8 Å². The number of halogens is 2. The number of hydrogen-bond donors (Lipinski definition) is 1. The van der Waals surface area contributed by atoms with Crippen molar-refractivity contribution in [2.45, 2.75) is 0 Å². The molecular formula is C15H14BrClN2O3S. The summed E-state index contributed by atoms with van der Waals surface area (Å²) in [6.45, 7) is -0.332. The Balaban J connectivity index is 2.20. The van der Waals surface area contributed by atoms with Gasteiger partial charge in [-0.1, -0.05) is 39.7 Å². The van der Waals surface area contributed by atoms with E-state index in [1.165, 1.54) is 0 Å². The molecule has 0 atom stereocenters. The summed E-state index contributed by atoms with van der Waals surface area (Å²) in [5.74, 6) is -0.460. The third kappa shape index (κ3) is 5.23. The molecule has 0 heterocycles. The van der Waals surface area contributed by atoms with Gasteiger partial charge in [-0.2, -0.15) is 0 Å². The van der Waals surface area contributed by atoms with Crippen molar-refractivity contribution < 1.29 is 13.2 Å². The van der Waals surface area contributed by atoms with E-state index in [0.717, 1.165) is 15.0 Å². The maximum absolute atomic E-state index is 12.2. The Hall–Kier alpha value is -1.57. The zero-order chi connectivity index (χ0) is 17.0. The summed E-state index contributed by atoms with van der Waals surface area (Å²) < 4.78 is 25.7. The fourth-order valence-electron chi connectivity index (χ4n) is 1.93. The Morgan fingerprint density at radius 1 is 1.22 bits per heavy atom. The molecule has 23 heavy (non-hydrogen) atoms. The Labute approximate surface area is 148 Å². The van der Waals surface area contributed by atoms with E-state index in [1.807, 2.05) is 0 Å². The SMILES string of the molecule is CS(=O)(=O)N(CC(=O)Nc1cccc(Cl)c1)c1cccc(Br)c1. The summed E-state index contributed by atoms with van der Waals surface area (Å²) in [5.41, 5.74) is 0.910. The van der Waals surface area contributed by atoms with Crippen molar-refractivity contribution in [3.63, 3.8) is 0 Å². The molecule has 1 amide bonds. The van der Waals surface area contributed by atoms with E-state index < -0.39 is 15.9 Å². The van der Waals surface area contributed by atoms with Gasteiger partial charge >= 0.3 is 0 Å². The number of benzene rings is 2. The summed E-state index contributed by atoms with van der Waals surface area (Å²) in [6, 6.07) is 13.4. The first-order valence-electron chi connectivity index (χ1n) is 6.54. The number of anilines is 2. The highest BCUT2D eigenvalue weighted by atomic mass is 79.9. The third-order valence-electron chi connectivity index (χ3n) is 2.89. The fourth-order valence-corrected chi connectivity index (χ4v) is 3.35. The smallest absolute Gasteiger partial charge is 0.245 e. The molecule has 0 spiro atoms. The lowest BCUT2D eigenvalue weighted by Crippen LogP contribution is -2.37. The van der Waals surface area contributed by atoms with Crippen molar-refractivity contribution in [1.82, 2.24) is 0 Å². The Morgan fingerprint density at radius 2 is 1.91 bits per heavy atom. The molecule has 0 aliphatic rings. The molecule has 2 aromatic rings. The first kappa shape index (κ1) is 17.8. The number of nitrogens with zero attached hydrogens (tertiary/aromatic N) is 1. The predicted octanol–water partition coefficient (Wildman–Crippen LogP) is 3.51. The number of hydrogen-bond acceptors (Lipinski definition) is 3. The average Bonchev–Trinajstić information content (AvgIpc) is 2.43. The minimum Gasteiger partial charge on any atom is -0.324 e. The van der Waals surface area contributed by atoms with Gasteiger partial charge in [-0.05, 0) is 36.4 Å². The van der Waals surface area contributed by atoms with E-state index in [0.29, 0.717) is 16.4 Å². The molecule has 0 saturated carbocycles. The molecule has 5 nitrogen and oxygen atoms in total. The summed E-state index contributed by atoms with van der Waals surface area (Å²) >= 11 is 9.15. The van der Waals surface area contributed by atoms with Crippen LogP contribution in [0.2, 0.25) is 5.02 Å². The second kappa shape index (κ2) is 7.33. The molecule has 8 heteroatoms. The highest BCUT2D eigenvalue weighted by Crippen LogP contribution is 2.22. The molecule has 1 N–H and O–H groups in total. The topological polar surface area (TPSA) is 66.5 Å². The molecule has 0 fully saturated rings. The second-order valence-corrected chi connectivity index (χ2v) is 8.07. The van der Waals surface area contributed by atoms with Gasteiger partial charge in [-0.15, -0.1) is 0 Å². The normalized spacial score (nSPS) is 11.1. The van der Waals surface area contributed by atoms with E-state index in [1.54, 1.807) is 48.5 Å². The van der Waals surface area contributed by atoms with Crippen LogP contribution in [-0.2, 0) is 14.8 Å². The Kier molecular flexibility index (Phi) is 5.67. The van der Waals surface area contributed by atoms with Gasteiger partial charge in [0.2, 0.25) is 15.9 Å². The third-order valence-corrected chi connectivity index (χ3v) is 4.76. The van der Waals surface area contributed by atoms with Crippen molar-refractivity contribution in [2.24, 2.45) is 0 Å². The van der Waals surface area contributed by atoms with Crippen LogP contribution in [0.4, 0.5) is 11.4 Å². The van der Waals surface area contributed by atoms with E-state index in [4.69, 9.17) is 11.6 Å². The maximum Gasteiger partial charge on any atom is 0.245 e. The van der Waals surface area contributed by atoms with Crippen molar-refractivity contribution in [1.29, 1.82) is 0 Å². The number of carbonyl (C=O) groups excluding carboxylic acids is 1. The van der Waals surface area contributed by atoms with Crippen LogP contribution in [0.1, 0.15) is 0 Å². The first-order valence-corrected chi connectivity index (χ1v) is 9.56. The molecule has 0 aromatic heterocycles. The zero-order valence-corrected chi connectivity index (χ0v) is 15.3. The first-order chi connectivity index (χ1) is 10.8. The number of nitrogens with one attached hydrogen (secondary N) is 1. The standard InChI is InChI=1S/C15H14BrClN2O3S/c1-23(21,22)19(14-7-2-4-11(16)8-14)10-15(20)18-13-6-3-5-12(17)9-13/h2-9H,10H2,1H3,(H,18,20). The van der Waals surface area contributed by atoms with Gasteiger partial charge in [0.25, 0.3) is 0 Å². The summed E-state index contributed by atoms with van der Waals surface area (Å²) in [7, 11) is -3.60. The Morgan fingerprint density at radius 3 is 2.52 bits per heavy atom. The van der Waals surface area contributed by atoms with Crippen LogP contribution in [0.15, 0.2) is 53.0 Å². The van der Waals surface area contributed by atoms with Crippen molar-refractivity contribution in [3.8, 4) is 0 Å². The van der Waals surface area contributed by atoms with Crippen LogP contribution in [0.3, 0.4) is 0 Å². The molecule has 0 radical (unpaired) electrons. The monoisotopic (exact) mass is 416 g/mol. The molecular weight excluding hydrogens is 404 g/mol. The fraction of sp³-hybridized carbons (Fsp3) is 0.133. The van der Waals surface area contributed by atoms with Crippen molar-refractivity contribution in [2.75, 3.05) is 22.4 Å². The minimum atomic E-state index is -3.60. The van der Waals surface area contributed by atoms with E-state index in [9.17, 15) is 13.2 Å². The maximum atomic E-state index is 12.2. The van der Waals surface area contributed by atoms with E-state index in [-0.39, 0.29) is 6.54 Å². The van der Waals surface area contributed by atoms with Crippen LogP contribution >= 0.6 is 27.5 Å². The lowest BCUT2D eigenvalue weighted by atomic mass is 10.3. The van der Waals surface area contributed by atoms with E-state index >= 15 is 0 Å². The summed E-state index contributed by atoms with van der Waals surface area (Å²) in [5, 5.41) is 3.11. The molecule has 2 aromatic carbocycles. The second-order valence-electron chi connectivity index (χ2n) is 4.81. The largest absolute Gasteiger partial charge is 0.324 e. The van der Waals surface area contributed by atoms with Crippen LogP contribution in [-0.4, -0.2) is 27.1 Å². The molecule has 0 saturated heterocycles. The molecule has 0 aliphatic carbocycles. The lowest BCUT2D eigenvalue weighted by molar-refractivity contribution is -0.114. The molecule has 0 bridgehead atoms. The summed E-state index contributed by atoms with van der Waals surface area (Å²) in [6.07, 6.45) is 1.06. The van der Waals surface area contributed by atoms with Crippen LogP contribution < -0.4 is 9.62 Å². The van der Waals surface area contributed by atoms with Crippen molar-refractivity contribution in [3.05, 3.63) is 58.0 Å². The number of rotatable bonds is 5. The zero-order valence-electron chi connectivity index (χ0n) is 12.2. The van der Waals surface area contributed by atoms with Crippen LogP contribution in [0.5, 0.6) is 0 Å². The van der Waals surface area contributed by atoms with Gasteiger partial charge < -0.3 is 5.32 Å². The quantitative estimate of drug-likeness (QED) is 0.809. The minimum absolute atomic E-state index is 0.332. The van der Waals surface area contributed by atoms with E-state index in [2.05, 4.69) is 21.2 Å². The van der Waals surface area contributed by atoms with Gasteiger partial charge in [0, 0.05) is 15.2 Å². The van der Waals surface area contributed by atoms with Crippen LogP contribution in [0.25, 0.3) is 0 Å². The lowest BCUT2D eigenvalue weighted by Gasteiger charge is -2.22. The molecule has 0 aliphatic heterocycles. The number of carbonyl (C=O) groups is 1. The number of sulfonamides is 1. The Bertz CT molecular complexity index is 827. The summed E-state index contributed by atoms with van der Waals surface area (Å²) in [4.78, 5) is 12.2. The molecule has 2 rings (SSSR count). The molecule has 0 unspecified atom stereocenters. The van der Waals surface area contributed by atoms with Gasteiger partial charge in [0.05, 0.1) is 11.9 Å². The van der Waals surface area contributed by atoms with Gasteiger partial charge in [-0.3, -0.25) is 9.10 Å². The van der Waals surface area contributed by atoms with Gasteiger partial charge in [-0.25, -0.2) is 8.42 Å².